The van der Waals surface area contributed by atoms with Crippen molar-refractivity contribution in [2.24, 2.45) is 0 Å². The number of thiophene rings is 1. The smallest absolute Gasteiger partial charge is 0.264 e. The van der Waals surface area contributed by atoms with Crippen LogP contribution in [0.3, 0.4) is 0 Å². The van der Waals surface area contributed by atoms with Crippen molar-refractivity contribution in [1.29, 1.82) is 0 Å². The molecule has 3 aromatic rings. The SMILES string of the molecule is CN(c1ccc2sc(C(=O)N3CCOCC3)cc2c1)S(=O)(=O)c1ccc(Br)cc1. The Bertz CT molecular complexity index is 1150. The molecule has 0 unspecified atom stereocenters. The second-order valence-corrected chi connectivity index (χ2v) is 10.6. The minimum Gasteiger partial charge on any atom is -0.378 e. The van der Waals surface area contributed by atoms with Gasteiger partial charge in [-0.3, -0.25) is 9.10 Å². The van der Waals surface area contributed by atoms with E-state index in [2.05, 4.69) is 15.9 Å². The summed E-state index contributed by atoms with van der Waals surface area (Å²) in [6.07, 6.45) is 0. The van der Waals surface area contributed by atoms with E-state index in [4.69, 9.17) is 4.74 Å². The highest BCUT2D eigenvalue weighted by molar-refractivity contribution is 9.10. The molecule has 6 nitrogen and oxygen atoms in total. The minimum absolute atomic E-state index is 0.00751. The van der Waals surface area contributed by atoms with E-state index in [1.54, 1.807) is 41.3 Å². The summed E-state index contributed by atoms with van der Waals surface area (Å²) in [7, 11) is -2.14. The van der Waals surface area contributed by atoms with Crippen molar-refractivity contribution in [2.75, 3.05) is 37.7 Å². The molecule has 1 fully saturated rings. The van der Waals surface area contributed by atoms with E-state index in [9.17, 15) is 13.2 Å². The number of amides is 1. The van der Waals surface area contributed by atoms with Crippen LogP contribution in [0.15, 0.2) is 57.9 Å². The maximum absolute atomic E-state index is 12.9. The summed E-state index contributed by atoms with van der Waals surface area (Å²) in [5.41, 5.74) is 0.545. The fraction of sp³-hybridized carbons (Fsp3) is 0.250. The predicted molar refractivity (Wildman–Crippen MR) is 118 cm³/mol. The van der Waals surface area contributed by atoms with Crippen molar-refractivity contribution in [3.05, 3.63) is 57.9 Å². The predicted octanol–water partition coefficient (Wildman–Crippen LogP) is 3.96. The van der Waals surface area contributed by atoms with Crippen LogP contribution in [-0.2, 0) is 14.8 Å². The van der Waals surface area contributed by atoms with E-state index in [-0.39, 0.29) is 10.8 Å². The summed E-state index contributed by atoms with van der Waals surface area (Å²) in [6, 6.07) is 13.8. The molecule has 2 heterocycles. The van der Waals surface area contributed by atoms with Crippen LogP contribution in [0.1, 0.15) is 9.67 Å². The topological polar surface area (TPSA) is 66.9 Å². The van der Waals surface area contributed by atoms with Gasteiger partial charge in [0.2, 0.25) is 0 Å². The summed E-state index contributed by atoms with van der Waals surface area (Å²) >= 11 is 4.74. The highest BCUT2D eigenvalue weighted by atomic mass is 79.9. The molecule has 152 valence electrons. The maximum Gasteiger partial charge on any atom is 0.264 e. The summed E-state index contributed by atoms with van der Waals surface area (Å²) < 4.78 is 34.2. The first kappa shape index (κ1) is 20.3. The molecule has 0 N–H and O–H groups in total. The van der Waals surface area contributed by atoms with Crippen LogP contribution >= 0.6 is 27.3 Å². The number of fused-ring (bicyclic) bond motifs is 1. The number of rotatable bonds is 4. The summed E-state index contributed by atoms with van der Waals surface area (Å²) in [5.74, 6) is -0.00751. The van der Waals surface area contributed by atoms with Gasteiger partial charge in [-0.15, -0.1) is 11.3 Å². The quantitative estimate of drug-likeness (QED) is 0.550. The molecule has 1 saturated heterocycles. The average molecular weight is 495 g/mol. The van der Waals surface area contributed by atoms with Gasteiger partial charge in [0.05, 0.1) is 28.7 Å². The van der Waals surface area contributed by atoms with Gasteiger partial charge in [-0.25, -0.2) is 8.42 Å². The molecule has 1 amide bonds. The van der Waals surface area contributed by atoms with Gasteiger partial charge < -0.3 is 9.64 Å². The Balaban J connectivity index is 1.63. The lowest BCUT2D eigenvalue weighted by atomic mass is 10.2. The van der Waals surface area contributed by atoms with Crippen LogP contribution in [0, 0.1) is 0 Å². The normalized spacial score (nSPS) is 14.9. The number of hydrogen-bond donors (Lipinski definition) is 0. The molecule has 1 aliphatic rings. The monoisotopic (exact) mass is 494 g/mol. The zero-order chi connectivity index (χ0) is 20.6. The molecule has 0 bridgehead atoms. The lowest BCUT2D eigenvalue weighted by Crippen LogP contribution is -2.40. The molecule has 1 aromatic heterocycles. The van der Waals surface area contributed by atoms with E-state index in [0.717, 1.165) is 14.6 Å². The number of anilines is 1. The lowest BCUT2D eigenvalue weighted by Gasteiger charge is -2.26. The molecular formula is C20H19BrN2O4S2. The highest BCUT2D eigenvalue weighted by Gasteiger charge is 2.23. The van der Waals surface area contributed by atoms with Crippen LogP contribution in [-0.4, -0.2) is 52.6 Å². The van der Waals surface area contributed by atoms with Gasteiger partial charge in [0, 0.05) is 29.3 Å². The van der Waals surface area contributed by atoms with Crippen molar-refractivity contribution < 1.29 is 17.9 Å². The molecular weight excluding hydrogens is 476 g/mol. The number of carbonyl (C=O) groups is 1. The Morgan fingerprint density at radius 3 is 2.48 bits per heavy atom. The van der Waals surface area contributed by atoms with Crippen LogP contribution in [0.2, 0.25) is 0 Å². The van der Waals surface area contributed by atoms with Gasteiger partial charge in [0.1, 0.15) is 0 Å². The second-order valence-electron chi connectivity index (χ2n) is 6.66. The molecule has 9 heteroatoms. The molecule has 0 saturated carbocycles. The number of morpholine rings is 1. The molecule has 4 rings (SSSR count). The fourth-order valence-corrected chi connectivity index (χ4v) is 5.62. The van der Waals surface area contributed by atoms with Crippen LogP contribution in [0.5, 0.6) is 0 Å². The molecule has 0 atom stereocenters. The Kier molecular flexibility index (Phi) is 5.65. The van der Waals surface area contributed by atoms with Gasteiger partial charge in [-0.05, 0) is 53.9 Å². The van der Waals surface area contributed by atoms with Crippen molar-refractivity contribution in [3.8, 4) is 0 Å². The van der Waals surface area contributed by atoms with Crippen molar-refractivity contribution in [2.45, 2.75) is 4.90 Å². The number of sulfonamides is 1. The summed E-state index contributed by atoms with van der Waals surface area (Å²) in [6.45, 7) is 2.29. The third-order valence-electron chi connectivity index (χ3n) is 4.84. The highest BCUT2D eigenvalue weighted by Crippen LogP contribution is 2.32. The zero-order valence-corrected chi connectivity index (χ0v) is 18.9. The van der Waals surface area contributed by atoms with Gasteiger partial charge in [0.15, 0.2) is 0 Å². The van der Waals surface area contributed by atoms with Gasteiger partial charge >= 0.3 is 0 Å². The number of nitrogens with zero attached hydrogens (tertiary/aromatic N) is 2. The first-order valence-corrected chi connectivity index (χ1v) is 12.1. The lowest BCUT2D eigenvalue weighted by molar-refractivity contribution is 0.0306. The third-order valence-corrected chi connectivity index (χ3v) is 8.28. The standard InChI is InChI=1S/C20H19BrN2O4S2/c1-22(29(25,26)17-5-2-15(21)3-6-17)16-4-7-18-14(12-16)13-19(28-18)20(24)23-8-10-27-11-9-23/h2-7,12-13H,8-11H2,1H3. The van der Waals surface area contributed by atoms with Gasteiger partial charge in [-0.1, -0.05) is 15.9 Å². The number of hydrogen-bond acceptors (Lipinski definition) is 5. The zero-order valence-electron chi connectivity index (χ0n) is 15.7. The fourth-order valence-electron chi connectivity index (χ4n) is 3.16. The molecule has 2 aromatic carbocycles. The minimum atomic E-state index is -3.68. The van der Waals surface area contributed by atoms with Crippen molar-refractivity contribution >= 4 is 59.0 Å². The molecule has 1 aliphatic heterocycles. The number of carbonyl (C=O) groups excluding carboxylic acids is 1. The largest absolute Gasteiger partial charge is 0.378 e. The molecule has 0 aliphatic carbocycles. The van der Waals surface area contributed by atoms with Crippen LogP contribution in [0.4, 0.5) is 5.69 Å². The Hall–Kier alpha value is -1.94. The number of benzene rings is 2. The van der Waals surface area contributed by atoms with E-state index in [1.807, 2.05) is 12.1 Å². The Labute approximate surface area is 181 Å². The van der Waals surface area contributed by atoms with E-state index in [1.165, 1.54) is 22.7 Å². The first-order valence-electron chi connectivity index (χ1n) is 9.01. The van der Waals surface area contributed by atoms with Crippen LogP contribution in [0.25, 0.3) is 10.1 Å². The third kappa shape index (κ3) is 4.05. The van der Waals surface area contributed by atoms with Crippen molar-refractivity contribution in [1.82, 2.24) is 4.90 Å². The van der Waals surface area contributed by atoms with Gasteiger partial charge in [0.25, 0.3) is 15.9 Å². The number of ether oxygens (including phenoxy) is 1. The summed E-state index contributed by atoms with van der Waals surface area (Å²) in [5, 5.41) is 0.849. The van der Waals surface area contributed by atoms with Gasteiger partial charge in [-0.2, -0.15) is 0 Å². The molecule has 0 spiro atoms. The summed E-state index contributed by atoms with van der Waals surface area (Å²) in [4.78, 5) is 15.4. The molecule has 29 heavy (non-hydrogen) atoms. The van der Waals surface area contributed by atoms with Crippen molar-refractivity contribution in [3.63, 3.8) is 0 Å². The van der Waals surface area contributed by atoms with Crippen LogP contribution < -0.4 is 4.31 Å². The first-order chi connectivity index (χ1) is 13.9. The number of halogens is 1. The average Bonchev–Trinajstić information content (AvgIpc) is 3.17. The Morgan fingerprint density at radius 1 is 1.10 bits per heavy atom. The second kappa shape index (κ2) is 8.06. The van der Waals surface area contributed by atoms with E-state index < -0.39 is 10.0 Å². The Morgan fingerprint density at radius 2 is 1.79 bits per heavy atom. The maximum atomic E-state index is 12.9. The van der Waals surface area contributed by atoms with E-state index >= 15 is 0 Å². The van der Waals surface area contributed by atoms with E-state index in [0.29, 0.717) is 36.9 Å². The molecule has 0 radical (unpaired) electrons.